The lowest BCUT2D eigenvalue weighted by molar-refractivity contribution is 0.212. The zero-order valence-corrected chi connectivity index (χ0v) is 11.3. The summed E-state index contributed by atoms with van der Waals surface area (Å²) in [6.45, 7) is 0. The zero-order valence-electron chi connectivity index (χ0n) is 10.5. The van der Waals surface area contributed by atoms with Gasteiger partial charge >= 0.3 is 0 Å². The Labute approximate surface area is 121 Å². The highest BCUT2D eigenvalue weighted by atomic mass is 35.5. The molecule has 100 valence electrons. The summed E-state index contributed by atoms with van der Waals surface area (Å²) in [5, 5.41) is 15.1. The first-order valence-corrected chi connectivity index (χ1v) is 6.52. The van der Waals surface area contributed by atoms with Gasteiger partial charge in [0.05, 0.1) is 11.4 Å². The summed E-state index contributed by atoms with van der Waals surface area (Å²) >= 11 is 5.86. The van der Waals surface area contributed by atoms with E-state index < -0.39 is 6.10 Å². The molecule has 5 heteroatoms. The van der Waals surface area contributed by atoms with Gasteiger partial charge in [0.25, 0.3) is 0 Å². The summed E-state index contributed by atoms with van der Waals surface area (Å²) in [4.78, 5) is 3.92. The Morgan fingerprint density at radius 1 is 1.05 bits per heavy atom. The lowest BCUT2D eigenvalue weighted by Gasteiger charge is -2.13. The van der Waals surface area contributed by atoms with Gasteiger partial charge in [0.1, 0.15) is 11.3 Å². The van der Waals surface area contributed by atoms with Crippen molar-refractivity contribution in [2.45, 2.75) is 6.10 Å². The van der Waals surface area contributed by atoms with Crippen LogP contribution in [0.25, 0.3) is 5.69 Å². The summed E-state index contributed by atoms with van der Waals surface area (Å²) in [5.74, 6) is 0. The van der Waals surface area contributed by atoms with E-state index in [0.717, 1.165) is 5.69 Å². The Kier molecular flexibility index (Phi) is 3.50. The first-order valence-electron chi connectivity index (χ1n) is 6.14. The van der Waals surface area contributed by atoms with Crippen LogP contribution in [0, 0.1) is 0 Å². The van der Waals surface area contributed by atoms with Crippen molar-refractivity contribution in [3.8, 4) is 5.69 Å². The molecule has 0 fully saturated rings. The van der Waals surface area contributed by atoms with E-state index in [-0.39, 0.29) is 0 Å². The molecule has 1 unspecified atom stereocenters. The highest BCUT2D eigenvalue weighted by Gasteiger charge is 2.16. The Balaban J connectivity index is 2.02. The number of hydrogen-bond donors (Lipinski definition) is 1. The average Bonchev–Trinajstić information content (AvgIpc) is 2.97. The SMILES string of the molecule is OC(c1ccnc(Cl)c1)c1ccnn1-c1ccccc1. The van der Waals surface area contributed by atoms with Crippen LogP contribution in [-0.2, 0) is 0 Å². The van der Waals surface area contributed by atoms with Crippen LogP contribution < -0.4 is 0 Å². The minimum absolute atomic E-state index is 0.354. The minimum Gasteiger partial charge on any atom is -0.382 e. The number of rotatable bonds is 3. The van der Waals surface area contributed by atoms with Gasteiger partial charge in [-0.15, -0.1) is 0 Å². The molecule has 1 aromatic carbocycles. The molecule has 2 heterocycles. The normalized spacial score (nSPS) is 12.3. The Morgan fingerprint density at radius 2 is 1.85 bits per heavy atom. The molecule has 0 aliphatic heterocycles. The molecular weight excluding hydrogens is 274 g/mol. The van der Waals surface area contributed by atoms with Gasteiger partial charge in [0.15, 0.2) is 0 Å². The monoisotopic (exact) mass is 285 g/mol. The molecule has 2 aromatic heterocycles. The van der Waals surface area contributed by atoms with Crippen molar-refractivity contribution in [2.24, 2.45) is 0 Å². The number of hydrogen-bond acceptors (Lipinski definition) is 3. The van der Waals surface area contributed by atoms with Gasteiger partial charge in [-0.25, -0.2) is 9.67 Å². The number of benzene rings is 1. The van der Waals surface area contributed by atoms with E-state index in [1.54, 1.807) is 35.3 Å². The second kappa shape index (κ2) is 5.45. The van der Waals surface area contributed by atoms with E-state index >= 15 is 0 Å². The third-order valence-electron chi connectivity index (χ3n) is 3.02. The summed E-state index contributed by atoms with van der Waals surface area (Å²) in [6, 6.07) is 14.8. The van der Waals surface area contributed by atoms with Crippen LogP contribution in [0.5, 0.6) is 0 Å². The summed E-state index contributed by atoms with van der Waals surface area (Å²) in [6.07, 6.45) is 2.43. The van der Waals surface area contributed by atoms with Crippen molar-refractivity contribution in [3.63, 3.8) is 0 Å². The third kappa shape index (κ3) is 2.43. The molecule has 20 heavy (non-hydrogen) atoms. The number of aliphatic hydroxyl groups is 1. The van der Waals surface area contributed by atoms with Gasteiger partial charge in [0, 0.05) is 12.4 Å². The number of para-hydroxylation sites is 1. The Hall–Kier alpha value is -2.17. The second-order valence-electron chi connectivity index (χ2n) is 4.32. The molecule has 1 atom stereocenters. The fraction of sp³-hybridized carbons (Fsp3) is 0.0667. The fourth-order valence-electron chi connectivity index (χ4n) is 2.06. The van der Waals surface area contributed by atoms with E-state index in [1.165, 1.54) is 0 Å². The van der Waals surface area contributed by atoms with E-state index in [1.807, 2.05) is 30.3 Å². The maximum atomic E-state index is 10.5. The zero-order chi connectivity index (χ0) is 13.9. The average molecular weight is 286 g/mol. The van der Waals surface area contributed by atoms with Gasteiger partial charge in [-0.1, -0.05) is 29.8 Å². The van der Waals surface area contributed by atoms with Crippen LogP contribution >= 0.6 is 11.6 Å². The first kappa shape index (κ1) is 12.8. The van der Waals surface area contributed by atoms with Crippen molar-refractivity contribution < 1.29 is 5.11 Å². The molecule has 0 saturated heterocycles. The van der Waals surface area contributed by atoms with Crippen LogP contribution in [0.4, 0.5) is 0 Å². The molecule has 3 rings (SSSR count). The summed E-state index contributed by atoms with van der Waals surface area (Å²) in [7, 11) is 0. The molecule has 4 nitrogen and oxygen atoms in total. The molecular formula is C15H12ClN3O. The van der Waals surface area contributed by atoms with Gasteiger partial charge in [-0.3, -0.25) is 0 Å². The van der Waals surface area contributed by atoms with Crippen molar-refractivity contribution in [1.82, 2.24) is 14.8 Å². The maximum absolute atomic E-state index is 10.5. The number of halogens is 1. The molecule has 0 spiro atoms. The van der Waals surface area contributed by atoms with Crippen molar-refractivity contribution in [1.29, 1.82) is 0 Å². The molecule has 1 N–H and O–H groups in total. The first-order chi connectivity index (χ1) is 9.75. The van der Waals surface area contributed by atoms with Crippen molar-refractivity contribution in [2.75, 3.05) is 0 Å². The fourth-order valence-corrected chi connectivity index (χ4v) is 2.25. The minimum atomic E-state index is -0.807. The largest absolute Gasteiger partial charge is 0.382 e. The molecule has 3 aromatic rings. The predicted octanol–water partition coefficient (Wildman–Crippen LogP) is 3.00. The van der Waals surface area contributed by atoms with Gasteiger partial charge in [-0.05, 0) is 35.9 Å². The number of nitrogens with zero attached hydrogens (tertiary/aromatic N) is 3. The van der Waals surface area contributed by atoms with Gasteiger partial charge in [-0.2, -0.15) is 5.10 Å². The lowest BCUT2D eigenvalue weighted by Crippen LogP contribution is -2.08. The Morgan fingerprint density at radius 3 is 2.60 bits per heavy atom. The molecule has 0 bridgehead atoms. The quantitative estimate of drug-likeness (QED) is 0.753. The van der Waals surface area contributed by atoms with Gasteiger partial charge in [0.2, 0.25) is 0 Å². The summed E-state index contributed by atoms with van der Waals surface area (Å²) < 4.78 is 1.71. The van der Waals surface area contributed by atoms with Crippen LogP contribution in [0.15, 0.2) is 60.9 Å². The third-order valence-corrected chi connectivity index (χ3v) is 3.23. The molecule has 0 aliphatic rings. The predicted molar refractivity (Wildman–Crippen MR) is 76.9 cm³/mol. The van der Waals surface area contributed by atoms with Crippen molar-refractivity contribution >= 4 is 11.6 Å². The molecule has 0 radical (unpaired) electrons. The number of aliphatic hydroxyl groups excluding tert-OH is 1. The van der Waals surface area contributed by atoms with E-state index in [2.05, 4.69) is 10.1 Å². The van der Waals surface area contributed by atoms with Gasteiger partial charge < -0.3 is 5.11 Å². The highest BCUT2D eigenvalue weighted by molar-refractivity contribution is 6.29. The Bertz CT molecular complexity index is 712. The molecule has 0 amide bonds. The lowest BCUT2D eigenvalue weighted by atomic mass is 10.1. The van der Waals surface area contributed by atoms with Crippen LogP contribution in [0.2, 0.25) is 5.15 Å². The maximum Gasteiger partial charge on any atom is 0.129 e. The van der Waals surface area contributed by atoms with Crippen LogP contribution in [0.3, 0.4) is 0 Å². The van der Waals surface area contributed by atoms with Crippen LogP contribution in [-0.4, -0.2) is 19.9 Å². The van der Waals surface area contributed by atoms with Crippen LogP contribution in [0.1, 0.15) is 17.4 Å². The topological polar surface area (TPSA) is 50.9 Å². The van der Waals surface area contributed by atoms with E-state index in [0.29, 0.717) is 16.4 Å². The highest BCUT2D eigenvalue weighted by Crippen LogP contribution is 2.24. The standard InChI is InChI=1S/C15H12ClN3O/c16-14-10-11(6-8-17-14)15(20)13-7-9-18-19(13)12-4-2-1-3-5-12/h1-10,15,20H. The number of aromatic nitrogens is 3. The molecule has 0 aliphatic carbocycles. The smallest absolute Gasteiger partial charge is 0.129 e. The van der Waals surface area contributed by atoms with E-state index in [9.17, 15) is 5.11 Å². The number of pyridine rings is 1. The van der Waals surface area contributed by atoms with Crippen molar-refractivity contribution in [3.05, 3.63) is 77.3 Å². The summed E-state index contributed by atoms with van der Waals surface area (Å²) in [5.41, 5.74) is 2.26. The molecule has 0 saturated carbocycles. The second-order valence-corrected chi connectivity index (χ2v) is 4.71. The van der Waals surface area contributed by atoms with E-state index in [4.69, 9.17) is 11.6 Å².